The van der Waals surface area contributed by atoms with Crippen LogP contribution in [0.2, 0.25) is 0 Å². The molecule has 1 saturated heterocycles. The van der Waals surface area contributed by atoms with Gasteiger partial charge in [0.2, 0.25) is 0 Å². The molecule has 0 radical (unpaired) electrons. The summed E-state index contributed by atoms with van der Waals surface area (Å²) in [5, 5.41) is 1.21. The van der Waals surface area contributed by atoms with Gasteiger partial charge < -0.3 is 9.64 Å². The topological polar surface area (TPSA) is 25.4 Å². The number of rotatable bonds is 3. The first kappa shape index (κ1) is 14.2. The third-order valence-corrected chi connectivity index (χ3v) is 4.54. The Morgan fingerprint density at radius 3 is 2.95 bits per heavy atom. The summed E-state index contributed by atoms with van der Waals surface area (Å²) in [5.74, 6) is 0.863. The zero-order chi connectivity index (χ0) is 14.8. The minimum absolute atomic E-state index is 0.648. The molecule has 0 spiro atoms. The number of nitrogens with zero attached hydrogens (tertiary/aromatic N) is 2. The molecule has 21 heavy (non-hydrogen) atoms. The number of hydrogen-bond acceptors (Lipinski definition) is 3. The van der Waals surface area contributed by atoms with Crippen LogP contribution in [0.25, 0.3) is 10.9 Å². The van der Waals surface area contributed by atoms with Crippen molar-refractivity contribution in [2.75, 3.05) is 18.6 Å². The highest BCUT2D eigenvalue weighted by Gasteiger charge is 2.23. The molecule has 1 aromatic carbocycles. The Labute approximate surface area is 126 Å². The van der Waals surface area contributed by atoms with E-state index in [1.807, 2.05) is 6.07 Å². The summed E-state index contributed by atoms with van der Waals surface area (Å²) in [4.78, 5) is 7.28. The zero-order valence-corrected chi connectivity index (χ0v) is 13.2. The smallest absolute Gasteiger partial charge is 0.145 e. The monoisotopic (exact) mass is 284 g/mol. The van der Waals surface area contributed by atoms with Crippen molar-refractivity contribution in [1.29, 1.82) is 0 Å². The van der Waals surface area contributed by atoms with Crippen LogP contribution in [-0.2, 0) is 0 Å². The van der Waals surface area contributed by atoms with Crippen molar-refractivity contribution in [3.8, 4) is 5.75 Å². The molecule has 2 aromatic rings. The predicted molar refractivity (Wildman–Crippen MR) is 88.3 cm³/mol. The molecule has 3 rings (SSSR count). The summed E-state index contributed by atoms with van der Waals surface area (Å²) in [6.45, 7) is 5.51. The molecule has 0 amide bonds. The Bertz CT molecular complexity index is 638. The number of piperidine rings is 1. The van der Waals surface area contributed by atoms with Crippen molar-refractivity contribution in [3.63, 3.8) is 0 Å². The summed E-state index contributed by atoms with van der Waals surface area (Å²) in [6.07, 6.45) is 5.12. The van der Waals surface area contributed by atoms with E-state index in [-0.39, 0.29) is 0 Å². The molecule has 1 aliphatic heterocycles. The lowest BCUT2D eigenvalue weighted by Gasteiger charge is -2.38. The first-order chi connectivity index (χ1) is 10.2. The number of aromatic nitrogens is 1. The molecule has 2 heterocycles. The number of methoxy groups -OCH3 is 1. The van der Waals surface area contributed by atoms with Crippen LogP contribution in [0.15, 0.2) is 24.3 Å². The summed E-state index contributed by atoms with van der Waals surface area (Å²) in [5.41, 5.74) is 3.36. The van der Waals surface area contributed by atoms with Gasteiger partial charge in [-0.05, 0) is 44.7 Å². The van der Waals surface area contributed by atoms with Crippen molar-refractivity contribution in [2.24, 2.45) is 0 Å². The quantitative estimate of drug-likeness (QED) is 0.839. The van der Waals surface area contributed by atoms with Crippen molar-refractivity contribution in [2.45, 2.75) is 45.6 Å². The van der Waals surface area contributed by atoms with Gasteiger partial charge in [0.1, 0.15) is 11.3 Å². The number of ether oxygens (including phenoxy) is 1. The second kappa shape index (κ2) is 5.92. The number of pyridine rings is 1. The average Bonchev–Trinajstić information content (AvgIpc) is 2.53. The Hall–Kier alpha value is -1.77. The summed E-state index contributed by atoms with van der Waals surface area (Å²) < 4.78 is 5.50. The van der Waals surface area contributed by atoms with Crippen LogP contribution < -0.4 is 9.64 Å². The third-order valence-electron chi connectivity index (χ3n) is 4.54. The highest BCUT2D eigenvalue weighted by atomic mass is 16.5. The van der Waals surface area contributed by atoms with Gasteiger partial charge in [-0.1, -0.05) is 19.1 Å². The molecule has 3 nitrogen and oxygen atoms in total. The molecule has 0 saturated carbocycles. The van der Waals surface area contributed by atoms with Crippen molar-refractivity contribution in [3.05, 3.63) is 30.0 Å². The highest BCUT2D eigenvalue weighted by Crippen LogP contribution is 2.35. The lowest BCUT2D eigenvalue weighted by atomic mass is 9.98. The molecule has 1 unspecified atom stereocenters. The normalized spacial score (nSPS) is 19.0. The number of para-hydroxylation sites is 1. The van der Waals surface area contributed by atoms with Gasteiger partial charge in [0.15, 0.2) is 0 Å². The first-order valence-electron chi connectivity index (χ1n) is 7.95. The van der Waals surface area contributed by atoms with E-state index in [1.54, 1.807) is 7.11 Å². The van der Waals surface area contributed by atoms with Gasteiger partial charge in [-0.25, -0.2) is 4.98 Å². The third kappa shape index (κ3) is 2.57. The maximum absolute atomic E-state index is 5.50. The second-order valence-corrected chi connectivity index (χ2v) is 5.89. The van der Waals surface area contributed by atoms with Crippen LogP contribution in [0.1, 0.15) is 38.3 Å². The fourth-order valence-electron chi connectivity index (χ4n) is 3.47. The van der Waals surface area contributed by atoms with Gasteiger partial charge in [0.25, 0.3) is 0 Å². The standard InChI is InChI=1S/C18H24N2O/c1-4-14-8-5-6-11-20(14)16-12-13(2)19-18-15(16)9-7-10-17(18)21-3/h7,9-10,12,14H,4-6,8,11H2,1-3H3. The van der Waals surface area contributed by atoms with Crippen LogP contribution in [0.3, 0.4) is 0 Å². The average molecular weight is 284 g/mol. The van der Waals surface area contributed by atoms with Crippen LogP contribution in [0, 0.1) is 6.92 Å². The highest BCUT2D eigenvalue weighted by molar-refractivity contribution is 5.95. The van der Waals surface area contributed by atoms with Gasteiger partial charge in [0, 0.05) is 29.4 Å². The number of benzene rings is 1. The number of hydrogen-bond donors (Lipinski definition) is 0. The Morgan fingerprint density at radius 1 is 1.33 bits per heavy atom. The molecular weight excluding hydrogens is 260 g/mol. The molecule has 1 atom stereocenters. The van der Waals surface area contributed by atoms with E-state index in [2.05, 4.69) is 36.9 Å². The van der Waals surface area contributed by atoms with Crippen molar-refractivity contribution in [1.82, 2.24) is 4.98 Å². The van der Waals surface area contributed by atoms with Crippen LogP contribution in [-0.4, -0.2) is 24.7 Å². The summed E-state index contributed by atoms with van der Waals surface area (Å²) in [7, 11) is 1.72. The van der Waals surface area contributed by atoms with Gasteiger partial charge in [-0.15, -0.1) is 0 Å². The minimum atomic E-state index is 0.648. The molecule has 0 N–H and O–H groups in total. The summed E-state index contributed by atoms with van der Waals surface area (Å²) >= 11 is 0. The van der Waals surface area contributed by atoms with Gasteiger partial charge in [-0.3, -0.25) is 0 Å². The van der Waals surface area contributed by atoms with Crippen LogP contribution in [0.5, 0.6) is 5.75 Å². The maximum atomic E-state index is 5.50. The van der Waals surface area contributed by atoms with E-state index in [0.717, 1.165) is 23.5 Å². The van der Waals surface area contributed by atoms with E-state index in [0.29, 0.717) is 6.04 Å². The van der Waals surface area contributed by atoms with E-state index in [1.165, 1.54) is 36.8 Å². The number of fused-ring (bicyclic) bond motifs is 1. The SMILES string of the molecule is CCC1CCCCN1c1cc(C)nc2c(OC)cccc12. The Kier molecular flexibility index (Phi) is 4.00. The number of anilines is 1. The van der Waals surface area contributed by atoms with Gasteiger partial charge in [-0.2, -0.15) is 0 Å². The predicted octanol–water partition coefficient (Wildman–Crippen LogP) is 4.32. The Balaban J connectivity index is 2.17. The zero-order valence-electron chi connectivity index (χ0n) is 13.2. The fraction of sp³-hybridized carbons (Fsp3) is 0.500. The largest absolute Gasteiger partial charge is 0.494 e. The van der Waals surface area contributed by atoms with Gasteiger partial charge >= 0.3 is 0 Å². The molecule has 0 bridgehead atoms. The molecule has 1 aliphatic rings. The first-order valence-corrected chi connectivity index (χ1v) is 7.95. The fourth-order valence-corrected chi connectivity index (χ4v) is 3.47. The minimum Gasteiger partial charge on any atom is -0.494 e. The lowest BCUT2D eigenvalue weighted by Crippen LogP contribution is -2.39. The van der Waals surface area contributed by atoms with Crippen LogP contribution >= 0.6 is 0 Å². The Morgan fingerprint density at radius 2 is 2.19 bits per heavy atom. The molecule has 0 aliphatic carbocycles. The summed E-state index contributed by atoms with van der Waals surface area (Å²) in [6, 6.07) is 9.10. The van der Waals surface area contributed by atoms with E-state index in [9.17, 15) is 0 Å². The second-order valence-electron chi connectivity index (χ2n) is 5.89. The molecule has 3 heteroatoms. The maximum Gasteiger partial charge on any atom is 0.145 e. The van der Waals surface area contributed by atoms with Crippen molar-refractivity contribution >= 4 is 16.6 Å². The molecular formula is C18H24N2O. The van der Waals surface area contributed by atoms with Crippen LogP contribution in [0.4, 0.5) is 5.69 Å². The lowest BCUT2D eigenvalue weighted by molar-refractivity contribution is 0.418. The molecule has 112 valence electrons. The molecule has 1 aromatic heterocycles. The molecule has 1 fully saturated rings. The van der Waals surface area contributed by atoms with E-state index in [4.69, 9.17) is 9.72 Å². The number of aryl methyl sites for hydroxylation is 1. The van der Waals surface area contributed by atoms with E-state index < -0.39 is 0 Å². The van der Waals surface area contributed by atoms with E-state index >= 15 is 0 Å². The van der Waals surface area contributed by atoms with Crippen molar-refractivity contribution < 1.29 is 4.74 Å². The van der Waals surface area contributed by atoms with Gasteiger partial charge in [0.05, 0.1) is 7.11 Å².